The Hall–Kier alpha value is -2.60. The first-order valence-electron chi connectivity index (χ1n) is 7.00. The van der Waals surface area contributed by atoms with E-state index in [9.17, 15) is 14.0 Å². The molecule has 0 radical (unpaired) electrons. The lowest BCUT2D eigenvalue weighted by Crippen LogP contribution is -2.90. The molecule has 1 aliphatic rings. The summed E-state index contributed by atoms with van der Waals surface area (Å²) in [6, 6.07) is 8.66. The summed E-state index contributed by atoms with van der Waals surface area (Å²) >= 11 is 0. The lowest BCUT2D eigenvalue weighted by Gasteiger charge is -2.14. The van der Waals surface area contributed by atoms with Crippen LogP contribution in [0.15, 0.2) is 48.8 Å². The molecule has 1 fully saturated rings. The maximum atomic E-state index is 13.0. The number of nitrogens with zero attached hydrogens (tertiary/aromatic N) is 2. The van der Waals surface area contributed by atoms with Gasteiger partial charge in [-0.2, -0.15) is 0 Å². The van der Waals surface area contributed by atoms with Crippen LogP contribution in [-0.4, -0.2) is 22.8 Å². The third-order valence-corrected chi connectivity index (χ3v) is 3.65. The average molecular weight is 300 g/mol. The summed E-state index contributed by atoms with van der Waals surface area (Å²) in [7, 11) is 0. The third kappa shape index (κ3) is 2.87. The number of aromatic nitrogens is 1. The summed E-state index contributed by atoms with van der Waals surface area (Å²) in [5.41, 5.74) is 1.45. The van der Waals surface area contributed by atoms with Gasteiger partial charge in [-0.15, -0.1) is 0 Å². The molecule has 2 amide bonds. The van der Waals surface area contributed by atoms with Gasteiger partial charge in [-0.25, -0.2) is 9.29 Å². The number of imide groups is 1. The lowest BCUT2D eigenvalue weighted by atomic mass is 10.2. The predicted molar refractivity (Wildman–Crippen MR) is 77.2 cm³/mol. The number of halogens is 1. The maximum Gasteiger partial charge on any atom is 0.292 e. The maximum absolute atomic E-state index is 13.0. The molecule has 2 aromatic rings. The van der Waals surface area contributed by atoms with E-state index >= 15 is 0 Å². The van der Waals surface area contributed by atoms with E-state index in [1.807, 2.05) is 17.4 Å². The number of quaternary nitrogens is 1. The highest BCUT2D eigenvalue weighted by molar-refractivity contribution is 6.21. The molecule has 2 N–H and O–H groups in total. The molecule has 2 heterocycles. The van der Waals surface area contributed by atoms with Crippen LogP contribution in [0, 0.1) is 5.82 Å². The van der Waals surface area contributed by atoms with E-state index in [2.05, 4.69) is 4.98 Å². The van der Waals surface area contributed by atoms with Gasteiger partial charge in [-0.05, 0) is 36.4 Å². The van der Waals surface area contributed by atoms with Crippen LogP contribution in [0.1, 0.15) is 12.0 Å². The fourth-order valence-corrected chi connectivity index (χ4v) is 2.50. The summed E-state index contributed by atoms with van der Waals surface area (Å²) in [5, 5.41) is 1.85. The number of rotatable bonds is 4. The molecule has 3 rings (SSSR count). The number of pyridine rings is 1. The van der Waals surface area contributed by atoms with E-state index in [1.54, 1.807) is 12.4 Å². The molecular formula is C16H15FN3O2+. The first kappa shape index (κ1) is 14.3. The average Bonchev–Trinajstić information content (AvgIpc) is 2.82. The van der Waals surface area contributed by atoms with E-state index in [0.717, 1.165) is 10.5 Å². The Kier molecular flexibility index (Phi) is 3.93. The highest BCUT2D eigenvalue weighted by Gasteiger charge is 2.42. The minimum atomic E-state index is -0.439. The minimum absolute atomic E-state index is 0.154. The third-order valence-electron chi connectivity index (χ3n) is 3.65. The summed E-state index contributed by atoms with van der Waals surface area (Å²) < 4.78 is 13.0. The summed E-state index contributed by atoms with van der Waals surface area (Å²) in [4.78, 5) is 29.5. The Balaban J connectivity index is 1.70. The molecule has 5 nitrogen and oxygen atoms in total. The first-order valence-corrected chi connectivity index (χ1v) is 7.00. The number of carbonyl (C=O) groups is 2. The smallest absolute Gasteiger partial charge is 0.292 e. The van der Waals surface area contributed by atoms with Gasteiger partial charge in [0.15, 0.2) is 6.04 Å². The monoisotopic (exact) mass is 300 g/mol. The Morgan fingerprint density at radius 3 is 2.50 bits per heavy atom. The SMILES string of the molecule is O=C1C[C@H]([NH2+]Cc2ccncc2)C(=O)N1c1ccc(F)cc1. The molecule has 6 heteroatoms. The highest BCUT2D eigenvalue weighted by atomic mass is 19.1. The van der Waals surface area contributed by atoms with E-state index in [-0.39, 0.29) is 18.2 Å². The van der Waals surface area contributed by atoms with Crippen LogP contribution in [-0.2, 0) is 16.1 Å². The van der Waals surface area contributed by atoms with Crippen molar-refractivity contribution < 1.29 is 19.3 Å². The topological polar surface area (TPSA) is 66.9 Å². The van der Waals surface area contributed by atoms with Gasteiger partial charge in [0.1, 0.15) is 12.4 Å². The van der Waals surface area contributed by atoms with Gasteiger partial charge in [-0.3, -0.25) is 14.6 Å². The summed E-state index contributed by atoms with van der Waals surface area (Å²) in [6.07, 6.45) is 3.53. The van der Waals surface area contributed by atoms with Gasteiger partial charge >= 0.3 is 0 Å². The first-order chi connectivity index (χ1) is 10.6. The molecule has 1 aromatic carbocycles. The zero-order chi connectivity index (χ0) is 15.5. The van der Waals surface area contributed by atoms with Gasteiger partial charge in [-0.1, -0.05) is 0 Å². The van der Waals surface area contributed by atoms with Gasteiger partial charge in [0.25, 0.3) is 5.91 Å². The molecule has 1 saturated heterocycles. The van der Waals surface area contributed by atoms with Gasteiger partial charge in [0.05, 0.1) is 12.1 Å². The molecule has 22 heavy (non-hydrogen) atoms. The number of nitrogens with two attached hydrogens (primary N) is 1. The van der Waals surface area contributed by atoms with E-state index in [4.69, 9.17) is 0 Å². The Bertz CT molecular complexity index is 688. The molecule has 1 aromatic heterocycles. The molecule has 0 unspecified atom stereocenters. The number of hydrogen-bond acceptors (Lipinski definition) is 3. The number of carbonyl (C=O) groups excluding carboxylic acids is 2. The molecule has 0 spiro atoms. The number of hydrogen-bond donors (Lipinski definition) is 1. The Morgan fingerprint density at radius 1 is 1.14 bits per heavy atom. The fourth-order valence-electron chi connectivity index (χ4n) is 2.50. The molecule has 1 atom stereocenters. The van der Waals surface area contributed by atoms with Crippen molar-refractivity contribution in [3.63, 3.8) is 0 Å². The molecular weight excluding hydrogens is 285 g/mol. The zero-order valence-electron chi connectivity index (χ0n) is 11.8. The van der Waals surface area contributed by atoms with Crippen LogP contribution >= 0.6 is 0 Å². The van der Waals surface area contributed by atoms with Crippen LogP contribution in [0.4, 0.5) is 10.1 Å². The standard InChI is InChI=1S/C16H14FN3O2/c17-12-1-3-13(4-2-12)20-15(21)9-14(16(20)22)19-10-11-5-7-18-8-6-11/h1-8,14,19H,9-10H2/p+1/t14-/m0/s1. The second-order valence-electron chi connectivity index (χ2n) is 5.15. The van der Waals surface area contributed by atoms with Crippen molar-refractivity contribution in [2.45, 2.75) is 19.0 Å². The van der Waals surface area contributed by atoms with Crippen molar-refractivity contribution >= 4 is 17.5 Å². The molecule has 0 bridgehead atoms. The molecule has 0 aliphatic carbocycles. The summed E-state index contributed by atoms with van der Waals surface area (Å²) in [5.74, 6) is -0.915. The molecule has 112 valence electrons. The predicted octanol–water partition coefficient (Wildman–Crippen LogP) is 0.616. The van der Waals surface area contributed by atoms with Gasteiger partial charge in [0, 0.05) is 18.0 Å². The largest absolute Gasteiger partial charge is 0.332 e. The number of amides is 2. The fraction of sp³-hybridized carbons (Fsp3) is 0.188. The highest BCUT2D eigenvalue weighted by Crippen LogP contribution is 2.21. The van der Waals surface area contributed by atoms with Crippen molar-refractivity contribution in [1.82, 2.24) is 4.98 Å². The number of anilines is 1. The van der Waals surface area contributed by atoms with Crippen molar-refractivity contribution in [3.8, 4) is 0 Å². The lowest BCUT2D eigenvalue weighted by molar-refractivity contribution is -0.690. The van der Waals surface area contributed by atoms with Crippen molar-refractivity contribution in [1.29, 1.82) is 0 Å². The van der Waals surface area contributed by atoms with E-state index < -0.39 is 11.9 Å². The van der Waals surface area contributed by atoms with Crippen molar-refractivity contribution in [2.24, 2.45) is 0 Å². The van der Waals surface area contributed by atoms with Crippen LogP contribution in [0.3, 0.4) is 0 Å². The zero-order valence-corrected chi connectivity index (χ0v) is 11.8. The molecule has 0 saturated carbocycles. The molecule has 1 aliphatic heterocycles. The van der Waals surface area contributed by atoms with Crippen molar-refractivity contribution in [2.75, 3.05) is 4.90 Å². The van der Waals surface area contributed by atoms with Gasteiger partial charge < -0.3 is 5.32 Å². The quantitative estimate of drug-likeness (QED) is 0.842. The van der Waals surface area contributed by atoms with Crippen LogP contribution < -0.4 is 10.2 Å². The van der Waals surface area contributed by atoms with Crippen molar-refractivity contribution in [3.05, 3.63) is 60.2 Å². The summed E-state index contributed by atoms with van der Waals surface area (Å²) in [6.45, 7) is 0.601. The second-order valence-corrected chi connectivity index (χ2v) is 5.15. The van der Waals surface area contributed by atoms with E-state index in [1.165, 1.54) is 24.3 Å². The second kappa shape index (κ2) is 6.03. The Labute approximate surface area is 126 Å². The van der Waals surface area contributed by atoms with Crippen LogP contribution in [0.25, 0.3) is 0 Å². The minimum Gasteiger partial charge on any atom is -0.332 e. The van der Waals surface area contributed by atoms with Gasteiger partial charge in [0.2, 0.25) is 5.91 Å². The van der Waals surface area contributed by atoms with Crippen LogP contribution in [0.5, 0.6) is 0 Å². The van der Waals surface area contributed by atoms with Crippen LogP contribution in [0.2, 0.25) is 0 Å². The normalized spacial score (nSPS) is 18.0. The number of benzene rings is 1. The Morgan fingerprint density at radius 2 is 1.82 bits per heavy atom. The van der Waals surface area contributed by atoms with E-state index in [0.29, 0.717) is 12.2 Å².